The number of carbonyl (C=O) groups excluding carboxylic acids is 3. The molecule has 7 aliphatic rings. The predicted molar refractivity (Wildman–Crippen MR) is 289 cm³/mol. The fraction of sp³-hybridized carbons (Fsp3) is 0.508. The molecule has 13 rings (SSSR count). The smallest absolute Gasteiger partial charge is 0.409 e. The molecule has 10 heterocycles. The molecule has 7 aliphatic heterocycles. The highest BCUT2D eigenvalue weighted by Crippen LogP contribution is 2.43. The van der Waals surface area contributed by atoms with E-state index in [1.807, 2.05) is 28.8 Å². The van der Waals surface area contributed by atoms with Crippen LogP contribution in [0, 0.1) is 35.8 Å². The van der Waals surface area contributed by atoms with Gasteiger partial charge in [-0.3, -0.25) is 24.5 Å². The monoisotopic (exact) mass is 1050 g/mol. The van der Waals surface area contributed by atoms with Crippen molar-refractivity contribution in [3.63, 3.8) is 0 Å². The van der Waals surface area contributed by atoms with E-state index in [4.69, 9.17) is 35.6 Å². The Kier molecular flexibility index (Phi) is 13.9. The standard InChI is InChI=1S/C34H33F2N5O2.C25H33N5O4/c1-2-23-25(35)11-9-21-7-3-8-24(27(21)23)30-29(36)31-28-26(37-30)12-10-22-19-42-18-6-17-41(22)32(28)39-33(38-31)43-20-34-13-4-15-40(34)16-5-14-34;1-28-21-15-18(3-4-19(21)23(27-28)20-5-6-22(31)26-24(20)32)29-11-7-16(8-12-29)17-9-13-30(14-10-17)25(33)34-2/h1,3,7-9,11,22H,4-6,10,12-20H2;3-4,15-17,20H,5-14H2,1-2H3,(H,26,31,32). The number of halogens is 2. The van der Waals surface area contributed by atoms with Gasteiger partial charge in [-0.15, -0.1) is 6.42 Å². The van der Waals surface area contributed by atoms with Gasteiger partial charge in [0.1, 0.15) is 29.5 Å². The molecule has 0 radical (unpaired) electrons. The summed E-state index contributed by atoms with van der Waals surface area (Å²) >= 11 is 0. The Morgan fingerprint density at radius 2 is 1.66 bits per heavy atom. The maximum Gasteiger partial charge on any atom is 0.409 e. The number of hydrogen-bond donors (Lipinski definition) is 1. The number of nitrogens with one attached hydrogen (secondary N) is 1. The van der Waals surface area contributed by atoms with Gasteiger partial charge in [-0.1, -0.05) is 30.2 Å². The van der Waals surface area contributed by atoms with Crippen molar-refractivity contribution in [3.05, 3.63) is 77.1 Å². The topological polar surface area (TPSA) is 160 Å². The lowest BCUT2D eigenvalue weighted by Gasteiger charge is -2.40. The van der Waals surface area contributed by atoms with Gasteiger partial charge in [0.25, 0.3) is 0 Å². The number of benzene rings is 3. The molecule has 2 unspecified atom stereocenters. The minimum Gasteiger partial charge on any atom is -0.461 e. The van der Waals surface area contributed by atoms with Gasteiger partial charge >= 0.3 is 12.1 Å². The van der Waals surface area contributed by atoms with Gasteiger partial charge in [0, 0.05) is 74.8 Å². The molecule has 3 aromatic carbocycles. The molecular formula is C59H66F2N10O6. The van der Waals surface area contributed by atoms with Gasteiger partial charge in [0.15, 0.2) is 5.82 Å². The van der Waals surface area contributed by atoms with Crippen molar-refractivity contribution in [1.82, 2.24) is 39.8 Å². The number of piperidine rings is 3. The van der Waals surface area contributed by atoms with E-state index in [1.54, 1.807) is 12.1 Å². The van der Waals surface area contributed by atoms with Crippen molar-refractivity contribution in [3.8, 4) is 29.6 Å². The van der Waals surface area contributed by atoms with Crippen LogP contribution in [0.4, 0.5) is 25.1 Å². The number of terminal acetylenes is 1. The van der Waals surface area contributed by atoms with Gasteiger partial charge in [-0.05, 0) is 132 Å². The number of anilines is 2. The second-order valence-electron chi connectivity index (χ2n) is 22.1. The van der Waals surface area contributed by atoms with Crippen LogP contribution in [-0.4, -0.2) is 137 Å². The highest BCUT2D eigenvalue weighted by Gasteiger charge is 2.45. The SMILES string of the molecule is C#Cc1c(F)ccc2cccc(-c3nc4c5c(nc(OCC67CCCN6CCC7)nc5c3F)N3CCCOCC3CC4)c12.COC(=O)N1CCC(C2CCN(c3ccc4c(C5CCC(=O)NC5=O)nn(C)c4c3)CC2)CC1. The molecule has 0 spiro atoms. The second-order valence-corrected chi connectivity index (χ2v) is 22.1. The molecule has 402 valence electrons. The quantitative estimate of drug-likeness (QED) is 0.120. The molecule has 0 bridgehead atoms. The van der Waals surface area contributed by atoms with Gasteiger partial charge < -0.3 is 28.9 Å². The molecule has 2 atom stereocenters. The molecule has 16 nitrogen and oxygen atoms in total. The summed E-state index contributed by atoms with van der Waals surface area (Å²) in [6.45, 7) is 8.26. The summed E-state index contributed by atoms with van der Waals surface area (Å²) < 4.78 is 50.8. The van der Waals surface area contributed by atoms with E-state index in [0.717, 1.165) is 127 Å². The third-order valence-electron chi connectivity index (χ3n) is 17.9. The number of hydrogen-bond acceptors (Lipinski definition) is 13. The first-order chi connectivity index (χ1) is 37.5. The largest absolute Gasteiger partial charge is 0.461 e. The number of carbonyl (C=O) groups is 3. The number of nitrogens with zero attached hydrogens (tertiary/aromatic N) is 9. The summed E-state index contributed by atoms with van der Waals surface area (Å²) in [6, 6.07) is 15.0. The van der Waals surface area contributed by atoms with E-state index in [1.165, 1.54) is 18.9 Å². The van der Waals surface area contributed by atoms with Crippen molar-refractivity contribution in [2.24, 2.45) is 18.9 Å². The molecule has 6 fully saturated rings. The van der Waals surface area contributed by atoms with E-state index in [0.29, 0.717) is 84.2 Å². The molecule has 6 aromatic rings. The summed E-state index contributed by atoms with van der Waals surface area (Å²) in [5.74, 6) is 2.57. The van der Waals surface area contributed by atoms with Crippen LogP contribution in [0.2, 0.25) is 0 Å². The Morgan fingerprint density at radius 3 is 2.42 bits per heavy atom. The van der Waals surface area contributed by atoms with Gasteiger partial charge in [-0.2, -0.15) is 15.1 Å². The van der Waals surface area contributed by atoms with Crippen molar-refractivity contribution >= 4 is 62.0 Å². The highest BCUT2D eigenvalue weighted by molar-refractivity contribution is 6.04. The number of ether oxygens (including phenoxy) is 3. The second kappa shape index (κ2) is 21.1. The van der Waals surface area contributed by atoms with Crippen LogP contribution in [-0.2, 0) is 32.5 Å². The summed E-state index contributed by atoms with van der Waals surface area (Å²) in [7, 11) is 3.36. The Morgan fingerprint density at radius 1 is 0.883 bits per heavy atom. The lowest BCUT2D eigenvalue weighted by Crippen LogP contribution is -2.43. The Hall–Kier alpha value is -6.97. The Bertz CT molecular complexity index is 3320. The first-order valence-corrected chi connectivity index (χ1v) is 27.7. The van der Waals surface area contributed by atoms with Crippen molar-refractivity contribution in [1.29, 1.82) is 0 Å². The Labute approximate surface area is 446 Å². The summed E-state index contributed by atoms with van der Waals surface area (Å²) in [5, 5.41) is 9.88. The molecule has 0 saturated carbocycles. The number of rotatable bonds is 7. The fourth-order valence-corrected chi connectivity index (χ4v) is 13.8. The van der Waals surface area contributed by atoms with E-state index < -0.39 is 11.6 Å². The number of methoxy groups -OCH3 is 1. The number of pyridine rings is 1. The van der Waals surface area contributed by atoms with Crippen LogP contribution in [0.5, 0.6) is 6.01 Å². The molecular weight excluding hydrogens is 983 g/mol. The van der Waals surface area contributed by atoms with Crippen LogP contribution < -0.4 is 19.9 Å². The molecule has 0 aliphatic carbocycles. The van der Waals surface area contributed by atoms with Crippen LogP contribution in [0.3, 0.4) is 0 Å². The molecule has 77 heavy (non-hydrogen) atoms. The van der Waals surface area contributed by atoms with Gasteiger partial charge in [0.05, 0.1) is 59.1 Å². The summed E-state index contributed by atoms with van der Waals surface area (Å²) in [4.78, 5) is 59.3. The number of aryl methyl sites for hydroxylation is 2. The van der Waals surface area contributed by atoms with E-state index in [2.05, 4.69) is 49.2 Å². The van der Waals surface area contributed by atoms with Gasteiger partial charge in [0.2, 0.25) is 11.8 Å². The number of amides is 3. The average molecular weight is 1050 g/mol. The van der Waals surface area contributed by atoms with Crippen molar-refractivity contribution in [2.45, 2.75) is 101 Å². The maximum atomic E-state index is 16.9. The van der Waals surface area contributed by atoms with Crippen LogP contribution in [0.15, 0.2) is 48.5 Å². The first kappa shape index (κ1) is 50.8. The minimum absolute atomic E-state index is 0.00280. The fourth-order valence-electron chi connectivity index (χ4n) is 13.8. The highest BCUT2D eigenvalue weighted by atomic mass is 19.1. The van der Waals surface area contributed by atoms with E-state index in [-0.39, 0.29) is 58.2 Å². The zero-order valence-corrected chi connectivity index (χ0v) is 44.0. The third-order valence-corrected chi connectivity index (χ3v) is 17.9. The number of fused-ring (bicyclic) bond motifs is 5. The van der Waals surface area contributed by atoms with Crippen molar-refractivity contribution < 1.29 is 37.4 Å². The summed E-state index contributed by atoms with van der Waals surface area (Å²) in [6.07, 6.45) is 17.5. The third kappa shape index (κ3) is 9.46. The zero-order chi connectivity index (χ0) is 53.0. The van der Waals surface area contributed by atoms with E-state index >= 15 is 4.39 Å². The average Bonchev–Trinajstić information content (AvgIpc) is 4.11. The number of aromatic nitrogens is 5. The normalized spacial score (nSPS) is 22.0. The Balaban J connectivity index is 0.000000159. The molecule has 18 heteroatoms. The minimum atomic E-state index is -0.585. The number of imide groups is 1. The molecule has 3 aromatic heterocycles. The van der Waals surface area contributed by atoms with Crippen LogP contribution in [0.25, 0.3) is 43.8 Å². The lowest BCUT2D eigenvalue weighted by atomic mass is 9.79. The van der Waals surface area contributed by atoms with Crippen LogP contribution >= 0.6 is 0 Å². The van der Waals surface area contributed by atoms with E-state index in [9.17, 15) is 18.8 Å². The number of likely N-dealkylation sites (tertiary alicyclic amines) is 1. The lowest BCUT2D eigenvalue weighted by molar-refractivity contribution is -0.134. The van der Waals surface area contributed by atoms with Gasteiger partial charge in [-0.25, -0.2) is 18.6 Å². The molecule has 3 amide bonds. The predicted octanol–water partition coefficient (Wildman–Crippen LogP) is 8.44. The first-order valence-electron chi connectivity index (χ1n) is 27.7. The molecule has 6 saturated heterocycles. The summed E-state index contributed by atoms with van der Waals surface area (Å²) in [5.41, 5.74) is 4.48. The zero-order valence-electron chi connectivity index (χ0n) is 44.0. The van der Waals surface area contributed by atoms with Crippen molar-refractivity contribution in [2.75, 3.05) is 82.5 Å². The maximum absolute atomic E-state index is 16.9. The molecule has 1 N–H and O–H groups in total. The van der Waals surface area contributed by atoms with Crippen LogP contribution in [0.1, 0.15) is 99.9 Å².